The van der Waals surface area contributed by atoms with E-state index >= 15 is 0 Å². The minimum absolute atomic E-state index is 0.0532. The Morgan fingerprint density at radius 1 is 1.12 bits per heavy atom. The van der Waals surface area contributed by atoms with Crippen molar-refractivity contribution in [1.82, 2.24) is 19.7 Å². The maximum atomic E-state index is 12.4. The van der Waals surface area contributed by atoms with Gasteiger partial charge in [-0.2, -0.15) is 0 Å². The third-order valence-electron chi connectivity index (χ3n) is 4.01. The molecule has 1 fully saturated rings. The van der Waals surface area contributed by atoms with Gasteiger partial charge in [-0.3, -0.25) is 14.3 Å². The smallest absolute Gasteiger partial charge is 0.192 e. The van der Waals surface area contributed by atoms with Crippen LogP contribution in [0.1, 0.15) is 29.2 Å². The summed E-state index contributed by atoms with van der Waals surface area (Å²) in [6.07, 6.45) is 5.74. The van der Waals surface area contributed by atoms with Gasteiger partial charge in [0.15, 0.2) is 16.8 Å². The minimum atomic E-state index is 0.0532. The van der Waals surface area contributed by atoms with Gasteiger partial charge in [-0.05, 0) is 49.2 Å². The number of ketones is 1. The van der Waals surface area contributed by atoms with Crippen LogP contribution in [-0.2, 0) is 0 Å². The topological polar surface area (TPSA) is 60.7 Å². The molecule has 0 atom stereocenters. The molecule has 126 valence electrons. The summed E-state index contributed by atoms with van der Waals surface area (Å²) < 4.78 is 2.15. The summed E-state index contributed by atoms with van der Waals surface area (Å²) in [5.41, 5.74) is 1.65. The Morgan fingerprint density at radius 2 is 1.84 bits per heavy atom. The largest absolute Gasteiger partial charge is 0.299 e. The SMILES string of the molecule is O=C(CSc1nnc(-c2ccncc2)n1C1CC1)c1ccc(Cl)cc1. The lowest BCUT2D eigenvalue weighted by Gasteiger charge is -2.08. The Kier molecular flexibility index (Phi) is 4.55. The fourth-order valence-electron chi connectivity index (χ4n) is 2.58. The van der Waals surface area contributed by atoms with Gasteiger partial charge in [0.1, 0.15) is 0 Å². The molecule has 25 heavy (non-hydrogen) atoms. The molecular weight excluding hydrogens is 356 g/mol. The van der Waals surface area contributed by atoms with E-state index in [9.17, 15) is 4.79 Å². The molecule has 2 heterocycles. The first-order valence-corrected chi connectivity index (χ1v) is 9.35. The first-order valence-electron chi connectivity index (χ1n) is 7.99. The number of nitrogens with zero attached hydrogens (tertiary/aromatic N) is 4. The lowest BCUT2D eigenvalue weighted by atomic mass is 10.1. The summed E-state index contributed by atoms with van der Waals surface area (Å²) in [6.45, 7) is 0. The van der Waals surface area contributed by atoms with E-state index in [4.69, 9.17) is 11.6 Å². The molecule has 1 saturated carbocycles. The van der Waals surface area contributed by atoms with Gasteiger partial charge in [0.2, 0.25) is 0 Å². The lowest BCUT2D eigenvalue weighted by molar-refractivity contribution is 0.102. The van der Waals surface area contributed by atoms with Crippen LogP contribution in [0.15, 0.2) is 53.9 Å². The second-order valence-corrected chi connectivity index (χ2v) is 7.24. The molecule has 4 rings (SSSR count). The molecule has 2 aromatic heterocycles. The summed E-state index contributed by atoms with van der Waals surface area (Å²) in [6, 6.07) is 11.2. The van der Waals surface area contributed by atoms with Crippen molar-refractivity contribution in [3.8, 4) is 11.4 Å². The Labute approximate surface area is 154 Å². The molecule has 0 bridgehead atoms. The van der Waals surface area contributed by atoms with Gasteiger partial charge < -0.3 is 0 Å². The normalized spacial score (nSPS) is 13.8. The predicted octanol–water partition coefficient (Wildman–Crippen LogP) is 4.30. The number of carbonyl (C=O) groups is 1. The fourth-order valence-corrected chi connectivity index (χ4v) is 3.61. The third-order valence-corrected chi connectivity index (χ3v) is 5.21. The van der Waals surface area contributed by atoms with Crippen molar-refractivity contribution in [1.29, 1.82) is 0 Å². The molecule has 1 aliphatic rings. The maximum Gasteiger partial charge on any atom is 0.192 e. The van der Waals surface area contributed by atoms with Gasteiger partial charge in [0, 0.05) is 34.6 Å². The van der Waals surface area contributed by atoms with E-state index in [1.54, 1.807) is 36.7 Å². The molecule has 0 saturated heterocycles. The number of carbonyl (C=O) groups excluding carboxylic acids is 1. The van der Waals surface area contributed by atoms with Crippen molar-refractivity contribution >= 4 is 29.1 Å². The summed E-state index contributed by atoms with van der Waals surface area (Å²) in [5.74, 6) is 1.21. The molecule has 5 nitrogen and oxygen atoms in total. The summed E-state index contributed by atoms with van der Waals surface area (Å²) >= 11 is 7.30. The average molecular weight is 371 g/mol. The molecule has 0 amide bonds. The van der Waals surface area contributed by atoms with E-state index in [-0.39, 0.29) is 5.78 Å². The number of benzene rings is 1. The molecule has 1 aromatic carbocycles. The Morgan fingerprint density at radius 3 is 2.52 bits per heavy atom. The van der Waals surface area contributed by atoms with E-state index in [1.165, 1.54) is 11.8 Å². The summed E-state index contributed by atoms with van der Waals surface area (Å²) in [4.78, 5) is 16.4. The second-order valence-electron chi connectivity index (χ2n) is 5.86. The highest BCUT2D eigenvalue weighted by molar-refractivity contribution is 7.99. The number of hydrogen-bond donors (Lipinski definition) is 0. The number of thioether (sulfide) groups is 1. The Hall–Kier alpha value is -2.18. The van der Waals surface area contributed by atoms with Crippen molar-refractivity contribution < 1.29 is 4.79 Å². The fraction of sp³-hybridized carbons (Fsp3) is 0.222. The van der Waals surface area contributed by atoms with Crippen LogP contribution in [0.4, 0.5) is 0 Å². The standard InChI is InChI=1S/C18H15ClN4OS/c19-14-3-1-12(2-4-14)16(24)11-25-18-22-21-17(23(18)15-5-6-15)13-7-9-20-10-8-13/h1-4,7-10,15H,5-6,11H2. The van der Waals surface area contributed by atoms with Crippen molar-refractivity contribution in [3.05, 3.63) is 59.4 Å². The number of pyridine rings is 1. The van der Waals surface area contributed by atoms with Gasteiger partial charge in [0.05, 0.1) is 5.75 Å². The van der Waals surface area contributed by atoms with Gasteiger partial charge in [0.25, 0.3) is 0 Å². The highest BCUT2D eigenvalue weighted by Crippen LogP contribution is 2.41. The van der Waals surface area contributed by atoms with Crippen LogP contribution in [0.2, 0.25) is 5.02 Å². The highest BCUT2D eigenvalue weighted by Gasteiger charge is 2.30. The Balaban J connectivity index is 1.54. The summed E-state index contributed by atoms with van der Waals surface area (Å²) in [7, 11) is 0. The zero-order valence-corrected chi connectivity index (χ0v) is 14.9. The van der Waals surface area contributed by atoms with Gasteiger partial charge in [-0.15, -0.1) is 10.2 Å². The van der Waals surface area contributed by atoms with Crippen molar-refractivity contribution in [2.24, 2.45) is 0 Å². The molecular formula is C18H15ClN4OS. The average Bonchev–Trinajstić information content (AvgIpc) is 3.40. The zero-order valence-electron chi connectivity index (χ0n) is 13.3. The summed E-state index contributed by atoms with van der Waals surface area (Å²) in [5, 5.41) is 10.1. The molecule has 0 radical (unpaired) electrons. The number of halogens is 1. The van der Waals surface area contributed by atoms with Crippen LogP contribution in [-0.4, -0.2) is 31.3 Å². The first-order chi connectivity index (χ1) is 12.2. The molecule has 0 spiro atoms. The number of hydrogen-bond acceptors (Lipinski definition) is 5. The molecule has 0 N–H and O–H groups in total. The van der Waals surface area contributed by atoms with Crippen LogP contribution in [0.25, 0.3) is 11.4 Å². The predicted molar refractivity (Wildman–Crippen MR) is 98.0 cm³/mol. The van der Waals surface area contributed by atoms with Crippen LogP contribution in [0.5, 0.6) is 0 Å². The Bertz CT molecular complexity index is 891. The van der Waals surface area contributed by atoms with Crippen molar-refractivity contribution in [2.45, 2.75) is 24.0 Å². The number of rotatable bonds is 6. The van der Waals surface area contributed by atoms with E-state index < -0.39 is 0 Å². The van der Waals surface area contributed by atoms with Crippen LogP contribution < -0.4 is 0 Å². The molecule has 0 aliphatic heterocycles. The molecule has 0 unspecified atom stereocenters. The van der Waals surface area contributed by atoms with Crippen molar-refractivity contribution in [2.75, 3.05) is 5.75 Å². The van der Waals surface area contributed by atoms with Gasteiger partial charge >= 0.3 is 0 Å². The lowest BCUT2D eigenvalue weighted by Crippen LogP contribution is -2.05. The van der Waals surface area contributed by atoms with Crippen LogP contribution in [0.3, 0.4) is 0 Å². The minimum Gasteiger partial charge on any atom is -0.299 e. The van der Waals surface area contributed by atoms with Crippen LogP contribution >= 0.6 is 23.4 Å². The van der Waals surface area contributed by atoms with Gasteiger partial charge in [-0.1, -0.05) is 23.4 Å². The first kappa shape index (κ1) is 16.3. The molecule has 7 heteroatoms. The maximum absolute atomic E-state index is 12.4. The van der Waals surface area contributed by atoms with E-state index in [1.807, 2.05) is 12.1 Å². The number of Topliss-reactive ketones (excluding diaryl/α,β-unsaturated/α-hetero) is 1. The van der Waals surface area contributed by atoms with E-state index in [2.05, 4.69) is 19.7 Å². The van der Waals surface area contributed by atoms with E-state index in [0.29, 0.717) is 22.4 Å². The van der Waals surface area contributed by atoms with E-state index in [0.717, 1.165) is 29.4 Å². The monoisotopic (exact) mass is 370 g/mol. The zero-order chi connectivity index (χ0) is 17.2. The molecule has 1 aliphatic carbocycles. The van der Waals surface area contributed by atoms with Crippen LogP contribution in [0, 0.1) is 0 Å². The third kappa shape index (κ3) is 3.60. The molecule has 3 aromatic rings. The highest BCUT2D eigenvalue weighted by atomic mass is 35.5. The van der Waals surface area contributed by atoms with Gasteiger partial charge in [-0.25, -0.2) is 0 Å². The number of aromatic nitrogens is 4. The second kappa shape index (κ2) is 6.98. The van der Waals surface area contributed by atoms with Crippen molar-refractivity contribution in [3.63, 3.8) is 0 Å². The quantitative estimate of drug-likeness (QED) is 0.478.